The zero-order chi connectivity index (χ0) is 28.3. The minimum atomic E-state index is 0.276. The number of fused-ring (bicyclic) bond motifs is 3. The van der Waals surface area contributed by atoms with Crippen molar-refractivity contribution in [2.75, 3.05) is 11.9 Å². The summed E-state index contributed by atoms with van der Waals surface area (Å²) < 4.78 is 13.1. The van der Waals surface area contributed by atoms with Crippen LogP contribution in [0.1, 0.15) is 53.1 Å². The van der Waals surface area contributed by atoms with Crippen molar-refractivity contribution in [3.05, 3.63) is 127 Å². The molecule has 0 spiro atoms. The average molecular weight is 675 g/mol. The van der Waals surface area contributed by atoms with Crippen LogP contribution in [0.2, 0.25) is 5.02 Å². The molecule has 0 amide bonds. The van der Waals surface area contributed by atoms with Gasteiger partial charge in [-0.1, -0.05) is 65.7 Å². The van der Waals surface area contributed by atoms with Crippen LogP contribution in [0.5, 0.6) is 11.5 Å². The molecule has 0 radical (unpaired) electrons. The second-order valence-electron chi connectivity index (χ2n) is 10.6. The summed E-state index contributed by atoms with van der Waals surface area (Å²) in [5.41, 5.74) is 8.15. The van der Waals surface area contributed by atoms with Crippen molar-refractivity contribution in [1.29, 1.82) is 0 Å². The first-order chi connectivity index (χ1) is 20.0. The zero-order valence-corrected chi connectivity index (χ0v) is 26.0. The molecular weight excluding hydrogens is 643 g/mol. The highest BCUT2D eigenvalue weighted by molar-refractivity contribution is 14.1. The highest BCUT2D eigenvalue weighted by Gasteiger charge is 2.37. The van der Waals surface area contributed by atoms with Gasteiger partial charge in [-0.2, -0.15) is 0 Å². The van der Waals surface area contributed by atoms with Gasteiger partial charge in [0.05, 0.1) is 21.9 Å². The van der Waals surface area contributed by atoms with E-state index in [1.54, 1.807) is 0 Å². The summed E-state index contributed by atoms with van der Waals surface area (Å²) in [6, 6.07) is 27.4. The highest BCUT2D eigenvalue weighted by atomic mass is 127. The second kappa shape index (κ2) is 12.3. The van der Waals surface area contributed by atoms with Crippen molar-refractivity contribution in [3.63, 3.8) is 0 Å². The van der Waals surface area contributed by atoms with Gasteiger partial charge in [-0.15, -0.1) is 0 Å². The second-order valence-corrected chi connectivity index (χ2v) is 12.2. The lowest BCUT2D eigenvalue weighted by molar-refractivity contribution is 0.267. The molecule has 1 aliphatic carbocycles. The van der Waals surface area contributed by atoms with Crippen molar-refractivity contribution in [2.45, 2.75) is 38.8 Å². The molecule has 0 unspecified atom stereocenters. The summed E-state index contributed by atoms with van der Waals surface area (Å²) in [4.78, 5) is 4.78. The van der Waals surface area contributed by atoms with Gasteiger partial charge >= 0.3 is 0 Å². The van der Waals surface area contributed by atoms with Crippen LogP contribution in [0.4, 0.5) is 11.4 Å². The molecule has 6 rings (SSSR count). The van der Waals surface area contributed by atoms with Crippen LogP contribution in [-0.4, -0.2) is 12.8 Å². The van der Waals surface area contributed by atoms with Crippen molar-refractivity contribution in [2.24, 2.45) is 10.9 Å². The molecular formula is C35H32ClIN2O2. The van der Waals surface area contributed by atoms with Crippen LogP contribution >= 0.6 is 34.2 Å². The Bertz CT molecular complexity index is 1620. The highest BCUT2D eigenvalue weighted by Crippen LogP contribution is 2.50. The SMILES string of the molecule is CCOc1cc(C=Nc2ccc([C@@H]3Nc4ccc(C)cc4[C@@H]4C=CC[C@@H]43)cc2)cc(I)c1OCc1cccc(Cl)c1. The molecule has 41 heavy (non-hydrogen) atoms. The number of hydrogen-bond acceptors (Lipinski definition) is 4. The van der Waals surface area contributed by atoms with Crippen LogP contribution in [0.3, 0.4) is 0 Å². The average Bonchev–Trinajstić information content (AvgIpc) is 3.46. The van der Waals surface area contributed by atoms with E-state index in [-0.39, 0.29) is 6.04 Å². The molecule has 4 aromatic rings. The first-order valence-corrected chi connectivity index (χ1v) is 15.5. The van der Waals surface area contributed by atoms with Gasteiger partial charge in [0.25, 0.3) is 0 Å². The third-order valence-corrected chi connectivity index (χ3v) is 8.77. The van der Waals surface area contributed by atoms with Gasteiger partial charge in [-0.3, -0.25) is 4.99 Å². The summed E-state index contributed by atoms with van der Waals surface area (Å²) in [5.74, 6) is 2.42. The summed E-state index contributed by atoms with van der Waals surface area (Å²) >= 11 is 8.43. The van der Waals surface area contributed by atoms with E-state index in [1.807, 2.05) is 43.5 Å². The minimum absolute atomic E-state index is 0.276. The molecule has 6 heteroatoms. The third-order valence-electron chi connectivity index (χ3n) is 7.74. The quantitative estimate of drug-likeness (QED) is 0.115. The number of aryl methyl sites for hydroxylation is 1. The van der Waals surface area contributed by atoms with Crippen molar-refractivity contribution >= 4 is 51.8 Å². The number of hydrogen-bond donors (Lipinski definition) is 1. The lowest BCUT2D eigenvalue weighted by Gasteiger charge is -2.37. The minimum Gasteiger partial charge on any atom is -0.490 e. The zero-order valence-electron chi connectivity index (χ0n) is 23.1. The molecule has 0 fully saturated rings. The summed E-state index contributed by atoms with van der Waals surface area (Å²) in [6.45, 7) is 5.10. The number of benzene rings is 4. The Morgan fingerprint density at radius 2 is 1.88 bits per heavy atom. The van der Waals surface area contributed by atoms with Gasteiger partial charge in [0, 0.05) is 22.8 Å². The maximum atomic E-state index is 6.16. The number of anilines is 1. The van der Waals surface area contributed by atoms with E-state index in [0.29, 0.717) is 35.8 Å². The Labute approximate surface area is 260 Å². The molecule has 4 aromatic carbocycles. The Balaban J connectivity index is 1.18. The Morgan fingerprint density at radius 1 is 1.02 bits per heavy atom. The molecule has 1 heterocycles. The Hall–Kier alpha value is -3.29. The van der Waals surface area contributed by atoms with Crippen LogP contribution in [0, 0.1) is 16.4 Å². The van der Waals surface area contributed by atoms with E-state index in [2.05, 4.69) is 95.5 Å². The molecule has 0 saturated carbocycles. The lowest BCUT2D eigenvalue weighted by Crippen LogP contribution is -2.29. The van der Waals surface area contributed by atoms with E-state index in [9.17, 15) is 0 Å². The standard InChI is InChI=1S/C35H32ClIN2O2/c1-3-40-33-19-24(18-31(37)35(33)41-21-23-6-4-7-26(36)17-23)20-38-27-13-11-25(12-14-27)34-29-9-5-8-28(29)30-16-22(2)10-15-32(30)39-34/h4-8,10-20,28-29,34,39H,3,9,21H2,1-2H3/t28-,29+,34+/m1/s1. The molecule has 0 saturated heterocycles. The maximum Gasteiger partial charge on any atom is 0.175 e. The van der Waals surface area contributed by atoms with E-state index < -0.39 is 0 Å². The molecule has 3 atom stereocenters. The molecule has 4 nitrogen and oxygen atoms in total. The predicted octanol–water partition coefficient (Wildman–Crippen LogP) is 9.81. The van der Waals surface area contributed by atoms with Crippen molar-refractivity contribution in [3.8, 4) is 11.5 Å². The number of halogens is 2. The topological polar surface area (TPSA) is 42.8 Å². The lowest BCUT2D eigenvalue weighted by atomic mass is 9.76. The Morgan fingerprint density at radius 3 is 2.68 bits per heavy atom. The normalized spacial score (nSPS) is 19.1. The predicted molar refractivity (Wildman–Crippen MR) is 177 cm³/mol. The van der Waals surface area contributed by atoms with Crippen LogP contribution < -0.4 is 14.8 Å². The number of allylic oxidation sites excluding steroid dienone is 2. The number of nitrogens with one attached hydrogen (secondary N) is 1. The van der Waals surface area contributed by atoms with Crippen LogP contribution in [-0.2, 0) is 6.61 Å². The van der Waals surface area contributed by atoms with E-state index in [0.717, 1.165) is 32.6 Å². The van der Waals surface area contributed by atoms with Gasteiger partial charge < -0.3 is 14.8 Å². The number of nitrogens with zero attached hydrogens (tertiary/aromatic N) is 1. The van der Waals surface area contributed by atoms with E-state index >= 15 is 0 Å². The molecule has 1 aliphatic heterocycles. The fourth-order valence-electron chi connectivity index (χ4n) is 5.81. The smallest absolute Gasteiger partial charge is 0.175 e. The summed E-state index contributed by atoms with van der Waals surface area (Å²) in [6.07, 6.45) is 7.70. The first kappa shape index (κ1) is 27.9. The van der Waals surface area contributed by atoms with E-state index in [4.69, 9.17) is 26.1 Å². The van der Waals surface area contributed by atoms with Crippen LogP contribution in [0.25, 0.3) is 0 Å². The van der Waals surface area contributed by atoms with Gasteiger partial charge in [0.2, 0.25) is 0 Å². The van der Waals surface area contributed by atoms with Crippen LogP contribution in [0.15, 0.2) is 96.0 Å². The van der Waals surface area contributed by atoms with Crippen molar-refractivity contribution in [1.82, 2.24) is 0 Å². The summed E-state index contributed by atoms with van der Waals surface area (Å²) in [7, 11) is 0. The van der Waals surface area contributed by atoms with Gasteiger partial charge in [-0.05, 0) is 113 Å². The molecule has 0 aromatic heterocycles. The van der Waals surface area contributed by atoms with Gasteiger partial charge in [-0.25, -0.2) is 0 Å². The molecule has 208 valence electrons. The monoisotopic (exact) mass is 674 g/mol. The Kier molecular flexibility index (Phi) is 8.35. The fraction of sp³-hybridized carbons (Fsp3) is 0.229. The molecule has 2 aliphatic rings. The fourth-order valence-corrected chi connectivity index (χ4v) is 6.80. The largest absolute Gasteiger partial charge is 0.490 e. The number of aliphatic imine (C=N–C) groups is 1. The first-order valence-electron chi connectivity index (χ1n) is 14.0. The van der Waals surface area contributed by atoms with E-state index in [1.165, 1.54) is 22.4 Å². The summed E-state index contributed by atoms with van der Waals surface area (Å²) in [5, 5.41) is 4.53. The van der Waals surface area contributed by atoms with Gasteiger partial charge in [0.15, 0.2) is 11.5 Å². The van der Waals surface area contributed by atoms with Gasteiger partial charge in [0.1, 0.15) is 6.61 Å². The third kappa shape index (κ3) is 6.16. The number of rotatable bonds is 8. The molecule has 1 N–H and O–H groups in total. The number of ether oxygens (including phenoxy) is 2. The molecule has 0 bridgehead atoms. The maximum absolute atomic E-state index is 6.16. The van der Waals surface area contributed by atoms with Crippen molar-refractivity contribution < 1.29 is 9.47 Å².